The van der Waals surface area contributed by atoms with Crippen LogP contribution in [0.3, 0.4) is 0 Å². The minimum atomic E-state index is -0.221. The lowest BCUT2D eigenvalue weighted by Crippen LogP contribution is -2.29. The SMILES string of the molecule is NC1CC1NC(=O)c1cn[nH]n1. The van der Waals surface area contributed by atoms with Crippen LogP contribution in [0.4, 0.5) is 0 Å². The Kier molecular flexibility index (Phi) is 1.54. The Morgan fingerprint density at radius 3 is 3.08 bits per heavy atom. The molecule has 0 spiro atoms. The predicted octanol–water partition coefficient (Wildman–Crippen LogP) is -1.37. The number of amides is 1. The molecule has 0 aliphatic heterocycles. The van der Waals surface area contributed by atoms with Crippen molar-refractivity contribution in [3.05, 3.63) is 11.9 Å². The fourth-order valence-corrected chi connectivity index (χ4v) is 0.934. The first kappa shape index (κ1) is 7.23. The number of rotatable bonds is 2. The molecule has 1 saturated carbocycles. The first-order chi connectivity index (χ1) is 5.77. The molecule has 0 saturated heterocycles. The Morgan fingerprint density at radius 1 is 1.83 bits per heavy atom. The maximum atomic E-state index is 11.2. The molecule has 1 aliphatic carbocycles. The van der Waals surface area contributed by atoms with Gasteiger partial charge in [-0.1, -0.05) is 0 Å². The highest BCUT2D eigenvalue weighted by molar-refractivity contribution is 5.92. The lowest BCUT2D eigenvalue weighted by atomic mass is 10.4. The Balaban J connectivity index is 1.93. The molecule has 2 atom stereocenters. The Hall–Kier alpha value is -1.43. The van der Waals surface area contributed by atoms with Gasteiger partial charge in [0.05, 0.1) is 6.20 Å². The molecule has 4 N–H and O–H groups in total. The van der Waals surface area contributed by atoms with E-state index in [9.17, 15) is 4.79 Å². The number of hydrogen-bond donors (Lipinski definition) is 3. The molecule has 1 aliphatic rings. The second-order valence-corrected chi connectivity index (χ2v) is 2.83. The van der Waals surface area contributed by atoms with Crippen LogP contribution >= 0.6 is 0 Å². The zero-order valence-corrected chi connectivity index (χ0v) is 6.32. The number of carbonyl (C=O) groups excluding carboxylic acids is 1. The number of nitrogens with zero attached hydrogens (tertiary/aromatic N) is 2. The van der Waals surface area contributed by atoms with Gasteiger partial charge in [0.2, 0.25) is 0 Å². The molecule has 1 aromatic heterocycles. The van der Waals surface area contributed by atoms with E-state index < -0.39 is 0 Å². The number of H-pyrrole nitrogens is 1. The molecule has 2 rings (SSSR count). The van der Waals surface area contributed by atoms with Crippen LogP contribution in [0.25, 0.3) is 0 Å². The summed E-state index contributed by atoms with van der Waals surface area (Å²) >= 11 is 0. The molecule has 1 aromatic rings. The summed E-state index contributed by atoms with van der Waals surface area (Å²) in [5.41, 5.74) is 5.81. The Labute approximate surface area is 68.5 Å². The van der Waals surface area contributed by atoms with Crippen molar-refractivity contribution in [2.45, 2.75) is 18.5 Å². The normalized spacial score (nSPS) is 26.8. The Bertz CT molecular complexity index is 282. The van der Waals surface area contributed by atoms with E-state index in [-0.39, 0.29) is 18.0 Å². The highest BCUT2D eigenvalue weighted by Crippen LogP contribution is 2.17. The summed E-state index contributed by atoms with van der Waals surface area (Å²) < 4.78 is 0. The molecular formula is C6H9N5O. The molecular weight excluding hydrogens is 158 g/mol. The molecule has 12 heavy (non-hydrogen) atoms. The maximum absolute atomic E-state index is 11.2. The van der Waals surface area contributed by atoms with Crippen molar-refractivity contribution in [2.24, 2.45) is 5.73 Å². The highest BCUT2D eigenvalue weighted by Gasteiger charge is 2.35. The summed E-state index contributed by atoms with van der Waals surface area (Å²) in [5, 5.41) is 12.2. The average molecular weight is 167 g/mol. The van der Waals surface area contributed by atoms with Crippen LogP contribution in [-0.4, -0.2) is 33.4 Å². The summed E-state index contributed by atoms with van der Waals surface area (Å²) in [4.78, 5) is 11.2. The van der Waals surface area contributed by atoms with E-state index in [1.165, 1.54) is 6.20 Å². The second-order valence-electron chi connectivity index (χ2n) is 2.83. The van der Waals surface area contributed by atoms with Gasteiger partial charge in [-0.2, -0.15) is 15.4 Å². The van der Waals surface area contributed by atoms with Crippen LogP contribution in [0.5, 0.6) is 0 Å². The van der Waals surface area contributed by atoms with Gasteiger partial charge in [-0.15, -0.1) is 0 Å². The lowest BCUT2D eigenvalue weighted by molar-refractivity contribution is 0.0945. The van der Waals surface area contributed by atoms with Gasteiger partial charge in [0.15, 0.2) is 5.69 Å². The quantitative estimate of drug-likeness (QED) is 0.506. The lowest BCUT2D eigenvalue weighted by Gasteiger charge is -1.97. The summed E-state index contributed by atoms with van der Waals surface area (Å²) in [5.74, 6) is -0.221. The molecule has 1 heterocycles. The molecule has 1 fully saturated rings. The van der Waals surface area contributed by atoms with E-state index in [4.69, 9.17) is 5.73 Å². The molecule has 0 bridgehead atoms. The second kappa shape index (κ2) is 2.56. The van der Waals surface area contributed by atoms with Gasteiger partial charge < -0.3 is 11.1 Å². The third-order valence-electron chi connectivity index (χ3n) is 1.80. The molecule has 6 nitrogen and oxygen atoms in total. The van der Waals surface area contributed by atoms with Crippen molar-refractivity contribution < 1.29 is 4.79 Å². The zero-order valence-electron chi connectivity index (χ0n) is 6.32. The molecule has 1 amide bonds. The molecule has 6 heteroatoms. The zero-order chi connectivity index (χ0) is 8.55. The van der Waals surface area contributed by atoms with E-state index in [0.717, 1.165) is 6.42 Å². The van der Waals surface area contributed by atoms with Crippen molar-refractivity contribution in [1.29, 1.82) is 0 Å². The Morgan fingerprint density at radius 2 is 2.58 bits per heavy atom. The van der Waals surface area contributed by atoms with E-state index >= 15 is 0 Å². The van der Waals surface area contributed by atoms with Gasteiger partial charge in [0.1, 0.15) is 0 Å². The van der Waals surface area contributed by atoms with E-state index in [0.29, 0.717) is 5.69 Å². The van der Waals surface area contributed by atoms with E-state index in [2.05, 4.69) is 20.7 Å². The van der Waals surface area contributed by atoms with Gasteiger partial charge in [-0.3, -0.25) is 4.79 Å². The van der Waals surface area contributed by atoms with Gasteiger partial charge in [-0.05, 0) is 6.42 Å². The van der Waals surface area contributed by atoms with E-state index in [1.54, 1.807) is 0 Å². The van der Waals surface area contributed by atoms with Crippen LogP contribution in [0.1, 0.15) is 16.9 Å². The summed E-state index contributed by atoms with van der Waals surface area (Å²) in [6.45, 7) is 0. The summed E-state index contributed by atoms with van der Waals surface area (Å²) in [7, 11) is 0. The number of nitrogens with one attached hydrogen (secondary N) is 2. The van der Waals surface area contributed by atoms with Crippen molar-refractivity contribution in [3.63, 3.8) is 0 Å². The van der Waals surface area contributed by atoms with Gasteiger partial charge in [0.25, 0.3) is 5.91 Å². The number of nitrogens with two attached hydrogens (primary N) is 1. The first-order valence-electron chi connectivity index (χ1n) is 3.69. The minimum Gasteiger partial charge on any atom is -0.346 e. The number of aromatic amines is 1. The van der Waals surface area contributed by atoms with Crippen LogP contribution in [-0.2, 0) is 0 Å². The largest absolute Gasteiger partial charge is 0.346 e. The van der Waals surface area contributed by atoms with Crippen LogP contribution in [0, 0.1) is 0 Å². The molecule has 0 radical (unpaired) electrons. The minimum absolute atomic E-state index is 0.112. The highest BCUT2D eigenvalue weighted by atomic mass is 16.2. The topological polar surface area (TPSA) is 96.7 Å². The summed E-state index contributed by atoms with van der Waals surface area (Å²) in [6.07, 6.45) is 2.23. The van der Waals surface area contributed by atoms with Crippen LogP contribution < -0.4 is 11.1 Å². The van der Waals surface area contributed by atoms with Crippen molar-refractivity contribution in [3.8, 4) is 0 Å². The molecule has 64 valence electrons. The molecule has 0 aromatic carbocycles. The maximum Gasteiger partial charge on any atom is 0.273 e. The van der Waals surface area contributed by atoms with Gasteiger partial charge in [0, 0.05) is 12.1 Å². The monoisotopic (exact) mass is 167 g/mol. The average Bonchev–Trinajstić information content (AvgIpc) is 2.58. The fraction of sp³-hybridized carbons (Fsp3) is 0.500. The van der Waals surface area contributed by atoms with Crippen molar-refractivity contribution in [1.82, 2.24) is 20.7 Å². The summed E-state index contributed by atoms with van der Waals surface area (Å²) in [6, 6.07) is 0.232. The first-order valence-corrected chi connectivity index (χ1v) is 3.69. The smallest absolute Gasteiger partial charge is 0.273 e. The fourth-order valence-electron chi connectivity index (χ4n) is 0.934. The van der Waals surface area contributed by atoms with Crippen molar-refractivity contribution in [2.75, 3.05) is 0 Å². The third-order valence-corrected chi connectivity index (χ3v) is 1.80. The third kappa shape index (κ3) is 1.28. The number of carbonyl (C=O) groups is 1. The van der Waals surface area contributed by atoms with Gasteiger partial charge in [-0.25, -0.2) is 0 Å². The van der Waals surface area contributed by atoms with E-state index in [1.807, 2.05) is 0 Å². The number of hydrogen-bond acceptors (Lipinski definition) is 4. The van der Waals surface area contributed by atoms with Gasteiger partial charge >= 0.3 is 0 Å². The molecule has 2 unspecified atom stereocenters. The number of aromatic nitrogens is 3. The van der Waals surface area contributed by atoms with Crippen molar-refractivity contribution >= 4 is 5.91 Å². The standard InChI is InChI=1S/C6H9N5O/c7-3-1-4(3)9-6(12)5-2-8-11-10-5/h2-4H,1,7H2,(H,9,12)(H,8,10,11). The van der Waals surface area contributed by atoms with Crippen LogP contribution in [0.2, 0.25) is 0 Å². The predicted molar refractivity (Wildman–Crippen MR) is 40.2 cm³/mol. The van der Waals surface area contributed by atoms with Crippen LogP contribution in [0.15, 0.2) is 6.20 Å².